The molecule has 0 bridgehead atoms. The topological polar surface area (TPSA) is 0 Å². The van der Waals surface area contributed by atoms with Crippen LogP contribution in [0.1, 0.15) is 39.0 Å². The van der Waals surface area contributed by atoms with Crippen molar-refractivity contribution in [2.45, 2.75) is 57.1 Å². The van der Waals surface area contributed by atoms with E-state index in [1.165, 1.54) is 25.7 Å². The summed E-state index contributed by atoms with van der Waals surface area (Å²) in [6.45, 7) is 7.07. The molecule has 0 radical (unpaired) electrons. The van der Waals surface area contributed by atoms with Crippen molar-refractivity contribution in [3.63, 3.8) is 0 Å². The first-order valence-corrected chi connectivity index (χ1v) is 9.60. The normalized spacial score (nSPS) is 18.0. The minimum Gasteiger partial charge on any atom is -0.126 e. The van der Waals surface area contributed by atoms with Crippen LogP contribution in [-0.2, 0) is 0 Å². The first-order chi connectivity index (χ1) is 7.09. The van der Waals surface area contributed by atoms with E-state index in [0.717, 1.165) is 6.42 Å². The molecule has 0 aromatic heterocycles. The molecule has 0 N–H and O–H groups in total. The molecule has 15 heavy (non-hydrogen) atoms. The Morgan fingerprint density at radius 3 is 2.67 bits per heavy atom. The molecular formula is C13H23ClSi. The summed E-state index contributed by atoms with van der Waals surface area (Å²) in [5.41, 5.74) is 0. The van der Waals surface area contributed by atoms with E-state index < -0.39 is 8.07 Å². The zero-order chi connectivity index (χ0) is 11.3. The lowest BCUT2D eigenvalue weighted by molar-refractivity contribution is 0.686. The second kappa shape index (κ2) is 5.91. The molecule has 0 nitrogen and oxygen atoms in total. The Kier molecular flexibility index (Phi) is 5.14. The van der Waals surface area contributed by atoms with E-state index in [1.54, 1.807) is 5.20 Å². The van der Waals surface area contributed by atoms with Crippen LogP contribution in [0.25, 0.3) is 0 Å². The fourth-order valence-corrected chi connectivity index (χ4v) is 5.13. The Morgan fingerprint density at radius 1 is 1.40 bits per heavy atom. The van der Waals surface area contributed by atoms with Crippen molar-refractivity contribution in [2.24, 2.45) is 0 Å². The molecule has 0 saturated heterocycles. The standard InChI is InChI=1S/C13H23ClSi/c1-4-5-6-11-13(14)15(2,3)12-9-7-8-10-12/h7-9,13H,4-6,10-11H2,1-3H3. The zero-order valence-corrected chi connectivity index (χ0v) is 12.0. The van der Waals surface area contributed by atoms with Crippen molar-refractivity contribution in [2.75, 3.05) is 0 Å². The van der Waals surface area contributed by atoms with E-state index >= 15 is 0 Å². The largest absolute Gasteiger partial charge is 0.126 e. The van der Waals surface area contributed by atoms with Crippen LogP contribution < -0.4 is 0 Å². The van der Waals surface area contributed by atoms with E-state index in [-0.39, 0.29) is 0 Å². The van der Waals surface area contributed by atoms with Gasteiger partial charge in [0.25, 0.3) is 0 Å². The van der Waals surface area contributed by atoms with Crippen molar-refractivity contribution >= 4 is 19.7 Å². The molecule has 1 unspecified atom stereocenters. The number of allylic oxidation sites excluding steroid dienone is 4. The fraction of sp³-hybridized carbons (Fsp3) is 0.692. The SMILES string of the molecule is CCCCCC(Cl)[Si](C)(C)C1=CC=CC1. The van der Waals surface area contributed by atoms with Gasteiger partial charge in [-0.15, -0.1) is 11.6 Å². The summed E-state index contributed by atoms with van der Waals surface area (Å²) in [5.74, 6) is 0. The lowest BCUT2D eigenvalue weighted by Crippen LogP contribution is -2.40. The van der Waals surface area contributed by atoms with Gasteiger partial charge in [0.05, 0.1) is 8.07 Å². The summed E-state index contributed by atoms with van der Waals surface area (Å²) < 4.78 is 0. The summed E-state index contributed by atoms with van der Waals surface area (Å²) in [6, 6.07) is 0. The molecule has 0 saturated carbocycles. The minimum atomic E-state index is -1.36. The van der Waals surface area contributed by atoms with Gasteiger partial charge in [-0.05, 0) is 12.8 Å². The highest BCUT2D eigenvalue weighted by atomic mass is 35.5. The summed E-state index contributed by atoms with van der Waals surface area (Å²) in [4.78, 5) is 0. The van der Waals surface area contributed by atoms with Crippen LogP contribution in [0.15, 0.2) is 23.4 Å². The number of alkyl halides is 1. The van der Waals surface area contributed by atoms with Crippen molar-refractivity contribution in [3.8, 4) is 0 Å². The maximum atomic E-state index is 6.58. The van der Waals surface area contributed by atoms with E-state index in [2.05, 4.69) is 38.2 Å². The maximum absolute atomic E-state index is 6.58. The first kappa shape index (κ1) is 13.1. The zero-order valence-electron chi connectivity index (χ0n) is 10.2. The highest BCUT2D eigenvalue weighted by molar-refractivity contribution is 6.90. The molecule has 1 aliphatic carbocycles. The van der Waals surface area contributed by atoms with Crippen LogP contribution in [0.5, 0.6) is 0 Å². The van der Waals surface area contributed by atoms with Gasteiger partial charge in [0.1, 0.15) is 0 Å². The van der Waals surface area contributed by atoms with E-state index in [1.807, 2.05) is 0 Å². The van der Waals surface area contributed by atoms with Crippen molar-refractivity contribution in [1.29, 1.82) is 0 Å². The van der Waals surface area contributed by atoms with Gasteiger partial charge >= 0.3 is 0 Å². The van der Waals surface area contributed by atoms with Crippen LogP contribution in [0.4, 0.5) is 0 Å². The second-order valence-corrected chi connectivity index (χ2v) is 10.7. The third kappa shape index (κ3) is 3.49. The Bertz CT molecular complexity index is 253. The molecular weight excluding hydrogens is 220 g/mol. The number of halogens is 1. The molecule has 86 valence electrons. The summed E-state index contributed by atoms with van der Waals surface area (Å²) in [6.07, 6.45) is 13.0. The molecule has 0 heterocycles. The van der Waals surface area contributed by atoms with E-state index in [9.17, 15) is 0 Å². The molecule has 1 atom stereocenters. The first-order valence-electron chi connectivity index (χ1n) is 6.09. The molecule has 1 rings (SSSR count). The van der Waals surface area contributed by atoms with Gasteiger partial charge in [-0.1, -0.05) is 62.7 Å². The molecule has 0 aromatic rings. The summed E-state index contributed by atoms with van der Waals surface area (Å²) in [7, 11) is -1.36. The summed E-state index contributed by atoms with van der Waals surface area (Å²) >= 11 is 6.58. The predicted octanol–water partition coefficient (Wildman–Crippen LogP) is 4.85. The van der Waals surface area contributed by atoms with Crippen molar-refractivity contribution in [1.82, 2.24) is 0 Å². The summed E-state index contributed by atoms with van der Waals surface area (Å²) in [5, 5.41) is 2.04. The average molecular weight is 243 g/mol. The minimum absolute atomic E-state index is 0.412. The smallest absolute Gasteiger partial charge is 0.0950 e. The molecule has 0 spiro atoms. The third-order valence-electron chi connectivity index (χ3n) is 3.44. The van der Waals surface area contributed by atoms with Gasteiger partial charge in [0.15, 0.2) is 0 Å². The van der Waals surface area contributed by atoms with Crippen LogP contribution in [-0.4, -0.2) is 13.1 Å². The fourth-order valence-electron chi connectivity index (χ4n) is 2.06. The van der Waals surface area contributed by atoms with Gasteiger partial charge in [0.2, 0.25) is 0 Å². The quantitative estimate of drug-likeness (QED) is 0.355. The molecule has 0 amide bonds. The Hall–Kier alpha value is -0.0131. The maximum Gasteiger partial charge on any atom is 0.0950 e. The second-order valence-electron chi connectivity index (χ2n) is 5.01. The van der Waals surface area contributed by atoms with Crippen LogP contribution in [0.3, 0.4) is 0 Å². The van der Waals surface area contributed by atoms with Gasteiger partial charge < -0.3 is 0 Å². The number of hydrogen-bond donors (Lipinski definition) is 0. The van der Waals surface area contributed by atoms with E-state index in [4.69, 9.17) is 11.6 Å². The predicted molar refractivity (Wildman–Crippen MR) is 73.1 cm³/mol. The van der Waals surface area contributed by atoms with Gasteiger partial charge in [0, 0.05) is 5.00 Å². The van der Waals surface area contributed by atoms with Crippen LogP contribution in [0.2, 0.25) is 13.1 Å². The monoisotopic (exact) mass is 242 g/mol. The van der Waals surface area contributed by atoms with Crippen LogP contribution in [0, 0.1) is 0 Å². The third-order valence-corrected chi connectivity index (χ3v) is 9.18. The van der Waals surface area contributed by atoms with Gasteiger partial charge in [-0.2, -0.15) is 0 Å². The average Bonchev–Trinajstić information content (AvgIpc) is 2.71. The lowest BCUT2D eigenvalue weighted by Gasteiger charge is -2.29. The molecule has 2 heteroatoms. The Labute approximate surface area is 100 Å². The Morgan fingerprint density at radius 2 is 2.13 bits per heavy atom. The van der Waals surface area contributed by atoms with Gasteiger partial charge in [-0.3, -0.25) is 0 Å². The number of unbranched alkanes of at least 4 members (excludes halogenated alkanes) is 2. The van der Waals surface area contributed by atoms with Gasteiger partial charge in [-0.25, -0.2) is 0 Å². The number of hydrogen-bond acceptors (Lipinski definition) is 0. The lowest BCUT2D eigenvalue weighted by atomic mass is 10.2. The molecule has 0 fully saturated rings. The molecule has 1 aliphatic rings. The molecule has 0 aliphatic heterocycles. The highest BCUT2D eigenvalue weighted by Gasteiger charge is 2.33. The van der Waals surface area contributed by atoms with Crippen LogP contribution >= 0.6 is 11.6 Å². The van der Waals surface area contributed by atoms with Crippen molar-refractivity contribution in [3.05, 3.63) is 23.4 Å². The van der Waals surface area contributed by atoms with Crippen molar-refractivity contribution < 1.29 is 0 Å². The molecule has 0 aromatic carbocycles. The highest BCUT2D eigenvalue weighted by Crippen LogP contribution is 2.31. The number of rotatable bonds is 6. The Balaban J connectivity index is 2.45. The van der Waals surface area contributed by atoms with E-state index in [0.29, 0.717) is 5.00 Å².